The summed E-state index contributed by atoms with van der Waals surface area (Å²) < 4.78 is 37.7. The van der Waals surface area contributed by atoms with E-state index in [1.54, 1.807) is 0 Å². The molecule has 1 aliphatic heterocycles. The van der Waals surface area contributed by atoms with Crippen molar-refractivity contribution >= 4 is 29.9 Å². The van der Waals surface area contributed by atoms with Gasteiger partial charge in [-0.15, -0.1) is 24.0 Å². The van der Waals surface area contributed by atoms with E-state index in [2.05, 4.69) is 27.7 Å². The molecule has 0 saturated carbocycles. The summed E-state index contributed by atoms with van der Waals surface area (Å²) >= 11 is 0. The zero-order chi connectivity index (χ0) is 20.6. The molecule has 1 saturated heterocycles. The molecule has 0 bridgehead atoms. The Kier molecular flexibility index (Phi) is 11.3. The fourth-order valence-corrected chi connectivity index (χ4v) is 3.35. The van der Waals surface area contributed by atoms with Crippen LogP contribution in [-0.2, 0) is 6.42 Å². The van der Waals surface area contributed by atoms with Crippen LogP contribution >= 0.6 is 24.0 Å². The molecule has 2 atom stereocenters. The molecule has 1 aromatic carbocycles. The van der Waals surface area contributed by atoms with Gasteiger partial charge in [0.15, 0.2) is 5.96 Å². The lowest BCUT2D eigenvalue weighted by Crippen LogP contribution is -2.46. The minimum absolute atomic E-state index is 0. The van der Waals surface area contributed by atoms with Gasteiger partial charge >= 0.3 is 6.18 Å². The smallest absolute Gasteiger partial charge is 0.357 e. The van der Waals surface area contributed by atoms with Crippen molar-refractivity contribution in [3.63, 3.8) is 0 Å². The third-order valence-electron chi connectivity index (χ3n) is 4.86. The van der Waals surface area contributed by atoms with Gasteiger partial charge in [0.2, 0.25) is 0 Å². The zero-order valence-electron chi connectivity index (χ0n) is 17.4. The summed E-state index contributed by atoms with van der Waals surface area (Å²) in [6, 6.07) is 10.5. The molecule has 1 heterocycles. The molecule has 1 fully saturated rings. The Hall–Kier alpha value is -1.07. The standard InChI is InChI=1S/C20H32F3N5.HI/c1-4-24-19(26-17-10-11-28(14-17)15-20(21,22)23)25-13-18(27(2)3)12-16-8-6-5-7-9-16;/h5-9,17-18H,4,10-15H2,1-3H3,(H2,24,25,26);1H. The predicted octanol–water partition coefficient (Wildman–Crippen LogP) is 2.97. The first-order chi connectivity index (χ1) is 13.3. The van der Waals surface area contributed by atoms with Crippen molar-refractivity contribution in [1.29, 1.82) is 0 Å². The van der Waals surface area contributed by atoms with E-state index in [0.29, 0.717) is 38.6 Å². The maximum Gasteiger partial charge on any atom is 0.401 e. The maximum atomic E-state index is 12.6. The highest BCUT2D eigenvalue weighted by Gasteiger charge is 2.34. The summed E-state index contributed by atoms with van der Waals surface area (Å²) in [6.45, 7) is 3.27. The lowest BCUT2D eigenvalue weighted by atomic mass is 10.1. The molecule has 0 spiro atoms. The van der Waals surface area contributed by atoms with E-state index in [0.717, 1.165) is 6.42 Å². The van der Waals surface area contributed by atoms with E-state index in [1.807, 2.05) is 39.2 Å². The van der Waals surface area contributed by atoms with Crippen LogP contribution in [-0.4, -0.2) is 80.8 Å². The van der Waals surface area contributed by atoms with E-state index >= 15 is 0 Å². The molecule has 2 unspecified atom stereocenters. The molecule has 5 nitrogen and oxygen atoms in total. The number of alkyl halides is 3. The first-order valence-corrected chi connectivity index (χ1v) is 9.81. The van der Waals surface area contributed by atoms with Gasteiger partial charge in [-0.1, -0.05) is 30.3 Å². The lowest BCUT2D eigenvalue weighted by Gasteiger charge is -2.24. The Balaban J connectivity index is 0.00000420. The van der Waals surface area contributed by atoms with Gasteiger partial charge in [0, 0.05) is 31.7 Å². The number of aliphatic imine (C=N–C) groups is 1. The molecule has 0 amide bonds. The number of likely N-dealkylation sites (N-methyl/N-ethyl adjacent to an activating group) is 1. The number of nitrogens with one attached hydrogen (secondary N) is 2. The first-order valence-electron chi connectivity index (χ1n) is 9.81. The number of hydrogen-bond acceptors (Lipinski definition) is 3. The van der Waals surface area contributed by atoms with E-state index in [9.17, 15) is 13.2 Å². The summed E-state index contributed by atoms with van der Waals surface area (Å²) in [5.41, 5.74) is 1.26. The van der Waals surface area contributed by atoms with Crippen LogP contribution in [0.5, 0.6) is 0 Å². The van der Waals surface area contributed by atoms with E-state index < -0.39 is 12.7 Å². The van der Waals surface area contributed by atoms with E-state index in [1.165, 1.54) is 10.5 Å². The van der Waals surface area contributed by atoms with Crippen LogP contribution in [0.2, 0.25) is 0 Å². The van der Waals surface area contributed by atoms with Gasteiger partial charge in [-0.25, -0.2) is 0 Å². The molecule has 1 aromatic rings. The number of rotatable bonds is 8. The Labute approximate surface area is 189 Å². The van der Waals surface area contributed by atoms with Crippen molar-refractivity contribution in [1.82, 2.24) is 20.4 Å². The lowest BCUT2D eigenvalue weighted by molar-refractivity contribution is -0.143. The van der Waals surface area contributed by atoms with Crippen LogP contribution in [0.25, 0.3) is 0 Å². The van der Waals surface area contributed by atoms with E-state index in [-0.39, 0.29) is 36.1 Å². The highest BCUT2D eigenvalue weighted by atomic mass is 127. The molecule has 0 aliphatic carbocycles. The maximum absolute atomic E-state index is 12.6. The van der Waals surface area contributed by atoms with Crippen molar-refractivity contribution in [2.45, 2.75) is 38.0 Å². The van der Waals surface area contributed by atoms with E-state index in [4.69, 9.17) is 4.99 Å². The van der Waals surface area contributed by atoms with Crippen molar-refractivity contribution in [3.8, 4) is 0 Å². The van der Waals surface area contributed by atoms with Crippen LogP contribution < -0.4 is 10.6 Å². The van der Waals surface area contributed by atoms with Gasteiger partial charge < -0.3 is 15.5 Å². The first kappa shape index (κ1) is 26.0. The predicted molar refractivity (Wildman–Crippen MR) is 123 cm³/mol. The highest BCUT2D eigenvalue weighted by molar-refractivity contribution is 14.0. The molecule has 1 aliphatic rings. The molecule has 29 heavy (non-hydrogen) atoms. The van der Waals surface area contributed by atoms with Gasteiger partial charge in [0.05, 0.1) is 13.1 Å². The second-order valence-corrected chi connectivity index (χ2v) is 7.51. The molecule has 2 rings (SSSR count). The minimum Gasteiger partial charge on any atom is -0.357 e. The molecule has 9 heteroatoms. The SMILES string of the molecule is CCNC(=NCC(Cc1ccccc1)N(C)C)NC1CCN(CC(F)(F)F)C1.I. The Morgan fingerprint density at radius 3 is 2.55 bits per heavy atom. The topological polar surface area (TPSA) is 42.9 Å². The summed E-state index contributed by atoms with van der Waals surface area (Å²) in [6.07, 6.45) is -2.58. The van der Waals surface area contributed by atoms with Gasteiger partial charge in [-0.2, -0.15) is 13.2 Å². The Morgan fingerprint density at radius 2 is 1.97 bits per heavy atom. The molecule has 166 valence electrons. The monoisotopic (exact) mass is 527 g/mol. The van der Waals surface area contributed by atoms with Crippen LogP contribution in [0.4, 0.5) is 13.2 Å². The largest absolute Gasteiger partial charge is 0.401 e. The fraction of sp³-hybridized carbons (Fsp3) is 0.650. The van der Waals surface area contributed by atoms with Crippen molar-refractivity contribution in [2.24, 2.45) is 4.99 Å². The average Bonchev–Trinajstić information content (AvgIpc) is 3.04. The van der Waals surface area contributed by atoms with Crippen LogP contribution in [0.15, 0.2) is 35.3 Å². The van der Waals surface area contributed by atoms with Gasteiger partial charge in [-0.3, -0.25) is 9.89 Å². The number of likely N-dealkylation sites (tertiary alicyclic amines) is 1. The highest BCUT2D eigenvalue weighted by Crippen LogP contribution is 2.19. The molecular weight excluding hydrogens is 494 g/mol. The van der Waals surface area contributed by atoms with Gasteiger partial charge in [0.25, 0.3) is 0 Å². The number of hydrogen-bond donors (Lipinski definition) is 2. The number of benzene rings is 1. The van der Waals surface area contributed by atoms with Gasteiger partial charge in [0.1, 0.15) is 0 Å². The Bertz CT molecular complexity index is 610. The zero-order valence-corrected chi connectivity index (χ0v) is 19.7. The van der Waals surface area contributed by atoms with Crippen molar-refractivity contribution < 1.29 is 13.2 Å². The second kappa shape index (κ2) is 12.6. The molecule has 0 radical (unpaired) electrons. The fourth-order valence-electron chi connectivity index (χ4n) is 3.35. The van der Waals surface area contributed by atoms with Crippen molar-refractivity contribution in [2.75, 3.05) is 46.8 Å². The normalized spacial score (nSPS) is 19.1. The van der Waals surface area contributed by atoms with Crippen molar-refractivity contribution in [3.05, 3.63) is 35.9 Å². The summed E-state index contributed by atoms with van der Waals surface area (Å²) in [5, 5.41) is 6.51. The molecular formula is C20H33F3IN5. The Morgan fingerprint density at radius 1 is 1.28 bits per heavy atom. The summed E-state index contributed by atoms with van der Waals surface area (Å²) in [4.78, 5) is 8.30. The third kappa shape index (κ3) is 9.99. The second-order valence-electron chi connectivity index (χ2n) is 7.51. The van der Waals surface area contributed by atoms with Crippen LogP contribution in [0, 0.1) is 0 Å². The number of halogens is 4. The summed E-state index contributed by atoms with van der Waals surface area (Å²) in [5.74, 6) is 0.668. The summed E-state index contributed by atoms with van der Waals surface area (Å²) in [7, 11) is 4.07. The number of nitrogens with zero attached hydrogens (tertiary/aromatic N) is 3. The quantitative estimate of drug-likeness (QED) is 0.310. The third-order valence-corrected chi connectivity index (χ3v) is 4.86. The van der Waals surface area contributed by atoms with Crippen LogP contribution in [0.3, 0.4) is 0 Å². The van der Waals surface area contributed by atoms with Gasteiger partial charge in [-0.05, 0) is 39.4 Å². The minimum atomic E-state index is -4.15. The number of guanidine groups is 1. The average molecular weight is 527 g/mol. The molecule has 2 N–H and O–H groups in total. The van der Waals surface area contributed by atoms with Crippen LogP contribution in [0.1, 0.15) is 18.9 Å². The molecule has 0 aromatic heterocycles.